The molecule has 1 aliphatic heterocycles. The molecule has 2 heterocycles. The molecule has 0 saturated carbocycles. The molecular weight excluding hydrogens is 248 g/mol. The van der Waals surface area contributed by atoms with Crippen molar-refractivity contribution in [3.05, 3.63) is 36.0 Å². The predicted molar refractivity (Wildman–Crippen MR) is 83.8 cm³/mol. The molecule has 0 aliphatic carbocycles. The van der Waals surface area contributed by atoms with E-state index in [2.05, 4.69) is 59.2 Å². The van der Waals surface area contributed by atoms with E-state index in [1.54, 1.807) is 0 Å². The number of nitrogens with one attached hydrogen (secondary N) is 1. The summed E-state index contributed by atoms with van der Waals surface area (Å²) in [4.78, 5) is 8.29. The van der Waals surface area contributed by atoms with Gasteiger partial charge in [0.1, 0.15) is 0 Å². The molecule has 0 radical (unpaired) electrons. The summed E-state index contributed by atoms with van der Waals surface area (Å²) >= 11 is 0. The van der Waals surface area contributed by atoms with Gasteiger partial charge in [-0.05, 0) is 25.6 Å². The second kappa shape index (κ2) is 5.56. The van der Waals surface area contributed by atoms with Gasteiger partial charge in [0.25, 0.3) is 0 Å². The maximum atomic E-state index is 6.32. The van der Waals surface area contributed by atoms with Crippen molar-refractivity contribution in [3.8, 4) is 0 Å². The number of rotatable bonds is 3. The number of aromatic amines is 1. The maximum absolute atomic E-state index is 6.32. The number of fused-ring (bicyclic) bond motifs is 1. The van der Waals surface area contributed by atoms with Gasteiger partial charge in [-0.15, -0.1) is 0 Å². The van der Waals surface area contributed by atoms with Crippen LogP contribution < -0.4 is 5.73 Å². The Morgan fingerprint density at radius 3 is 2.55 bits per heavy atom. The fraction of sp³-hybridized carbons (Fsp3) is 0.500. The molecule has 4 heteroatoms. The molecule has 3 rings (SSSR count). The Bertz CT molecular complexity index is 567. The Balaban J connectivity index is 1.94. The summed E-state index contributed by atoms with van der Waals surface area (Å²) in [6, 6.07) is 8.90. The van der Waals surface area contributed by atoms with Crippen LogP contribution in [0.2, 0.25) is 0 Å². The van der Waals surface area contributed by atoms with Crippen LogP contribution in [0.25, 0.3) is 10.9 Å². The first-order valence-electron chi connectivity index (χ1n) is 7.41. The molecule has 1 saturated heterocycles. The molecule has 2 unspecified atom stereocenters. The van der Waals surface area contributed by atoms with Gasteiger partial charge in [-0.2, -0.15) is 0 Å². The van der Waals surface area contributed by atoms with Crippen LogP contribution >= 0.6 is 0 Å². The number of aromatic nitrogens is 1. The van der Waals surface area contributed by atoms with Crippen molar-refractivity contribution in [1.82, 2.24) is 14.8 Å². The van der Waals surface area contributed by atoms with Crippen molar-refractivity contribution >= 4 is 10.9 Å². The summed E-state index contributed by atoms with van der Waals surface area (Å²) in [6.45, 7) is 6.52. The lowest BCUT2D eigenvalue weighted by atomic mass is 9.98. The highest BCUT2D eigenvalue weighted by atomic mass is 15.3. The predicted octanol–water partition coefficient (Wildman–Crippen LogP) is 1.80. The highest BCUT2D eigenvalue weighted by Gasteiger charge is 2.28. The summed E-state index contributed by atoms with van der Waals surface area (Å²) in [6.07, 6.45) is 2.14. The third-order valence-electron chi connectivity index (χ3n) is 4.37. The third kappa shape index (κ3) is 2.46. The summed E-state index contributed by atoms with van der Waals surface area (Å²) in [5.74, 6) is 0. The first-order valence-corrected chi connectivity index (χ1v) is 7.41. The highest BCUT2D eigenvalue weighted by Crippen LogP contribution is 2.30. The van der Waals surface area contributed by atoms with Crippen molar-refractivity contribution in [3.63, 3.8) is 0 Å². The van der Waals surface area contributed by atoms with E-state index in [-0.39, 0.29) is 6.04 Å². The van der Waals surface area contributed by atoms with Gasteiger partial charge in [0, 0.05) is 49.3 Å². The first kappa shape index (κ1) is 13.6. The molecule has 1 aromatic heterocycles. The topological polar surface area (TPSA) is 48.3 Å². The van der Waals surface area contributed by atoms with E-state index >= 15 is 0 Å². The average molecular weight is 272 g/mol. The number of likely N-dealkylation sites (N-methyl/N-ethyl adjacent to an activating group) is 1. The van der Waals surface area contributed by atoms with Gasteiger partial charge < -0.3 is 15.6 Å². The molecule has 1 aromatic carbocycles. The number of piperazine rings is 1. The summed E-state index contributed by atoms with van der Waals surface area (Å²) in [5, 5.41) is 1.30. The minimum atomic E-state index is 0.123. The zero-order valence-corrected chi connectivity index (χ0v) is 12.3. The Morgan fingerprint density at radius 2 is 1.85 bits per heavy atom. The van der Waals surface area contributed by atoms with E-state index in [1.807, 2.05) is 0 Å². The number of para-hydroxylation sites is 1. The van der Waals surface area contributed by atoms with Gasteiger partial charge in [0.05, 0.1) is 6.04 Å². The van der Waals surface area contributed by atoms with Crippen molar-refractivity contribution in [2.24, 2.45) is 5.73 Å². The van der Waals surface area contributed by atoms with E-state index in [1.165, 1.54) is 16.5 Å². The monoisotopic (exact) mass is 272 g/mol. The lowest BCUT2D eigenvalue weighted by molar-refractivity contribution is 0.101. The number of H-pyrrole nitrogens is 1. The van der Waals surface area contributed by atoms with Gasteiger partial charge in [0.2, 0.25) is 0 Å². The van der Waals surface area contributed by atoms with E-state index in [4.69, 9.17) is 5.73 Å². The molecule has 20 heavy (non-hydrogen) atoms. The van der Waals surface area contributed by atoms with Gasteiger partial charge in [-0.3, -0.25) is 4.90 Å². The van der Waals surface area contributed by atoms with Crippen LogP contribution in [-0.2, 0) is 0 Å². The number of benzene rings is 1. The standard InChI is InChI=1S/C16H24N4/c1-12(17)16(20-9-7-19(2)8-10-20)14-11-18-15-6-4-3-5-13(14)15/h3-6,11-12,16,18H,7-10,17H2,1-2H3. The van der Waals surface area contributed by atoms with Crippen LogP contribution in [0.4, 0.5) is 0 Å². The molecule has 4 nitrogen and oxygen atoms in total. The van der Waals surface area contributed by atoms with Crippen LogP contribution in [0.5, 0.6) is 0 Å². The van der Waals surface area contributed by atoms with Crippen LogP contribution in [-0.4, -0.2) is 54.1 Å². The number of hydrogen-bond donors (Lipinski definition) is 2. The van der Waals surface area contributed by atoms with E-state index in [0.717, 1.165) is 26.2 Å². The second-order valence-corrected chi connectivity index (χ2v) is 5.93. The first-order chi connectivity index (χ1) is 9.66. The maximum Gasteiger partial charge on any atom is 0.0518 e. The van der Waals surface area contributed by atoms with Crippen molar-refractivity contribution < 1.29 is 0 Å². The number of nitrogens with zero attached hydrogens (tertiary/aromatic N) is 2. The number of hydrogen-bond acceptors (Lipinski definition) is 3. The average Bonchev–Trinajstić information content (AvgIpc) is 2.85. The van der Waals surface area contributed by atoms with Crippen LogP contribution in [0.3, 0.4) is 0 Å². The summed E-state index contributed by atoms with van der Waals surface area (Å²) in [7, 11) is 2.18. The summed E-state index contributed by atoms with van der Waals surface area (Å²) in [5.41, 5.74) is 8.85. The summed E-state index contributed by atoms with van der Waals surface area (Å²) < 4.78 is 0. The quantitative estimate of drug-likeness (QED) is 0.896. The van der Waals surface area contributed by atoms with Crippen molar-refractivity contribution in [1.29, 1.82) is 0 Å². The molecule has 2 atom stereocenters. The Morgan fingerprint density at radius 1 is 1.15 bits per heavy atom. The molecule has 0 amide bonds. The Hall–Kier alpha value is -1.36. The lowest BCUT2D eigenvalue weighted by Gasteiger charge is -2.39. The molecule has 3 N–H and O–H groups in total. The zero-order chi connectivity index (χ0) is 14.1. The van der Waals surface area contributed by atoms with E-state index in [9.17, 15) is 0 Å². The molecule has 1 aliphatic rings. The largest absolute Gasteiger partial charge is 0.361 e. The Labute approximate surface area is 120 Å². The van der Waals surface area contributed by atoms with E-state index in [0.29, 0.717) is 6.04 Å². The van der Waals surface area contributed by atoms with Gasteiger partial charge >= 0.3 is 0 Å². The van der Waals surface area contributed by atoms with Gasteiger partial charge in [-0.1, -0.05) is 18.2 Å². The third-order valence-corrected chi connectivity index (χ3v) is 4.37. The fourth-order valence-electron chi connectivity index (χ4n) is 3.25. The van der Waals surface area contributed by atoms with Gasteiger partial charge in [-0.25, -0.2) is 0 Å². The molecule has 1 fully saturated rings. The molecular formula is C16H24N4. The van der Waals surface area contributed by atoms with Crippen LogP contribution in [0.1, 0.15) is 18.5 Å². The lowest BCUT2D eigenvalue weighted by Crippen LogP contribution is -2.49. The SMILES string of the molecule is CC(N)C(c1c[nH]c2ccccc12)N1CCN(C)CC1. The molecule has 2 aromatic rings. The number of nitrogens with two attached hydrogens (primary N) is 1. The van der Waals surface area contributed by atoms with Crippen LogP contribution in [0.15, 0.2) is 30.5 Å². The zero-order valence-electron chi connectivity index (χ0n) is 12.3. The van der Waals surface area contributed by atoms with Crippen molar-refractivity contribution in [2.75, 3.05) is 33.2 Å². The van der Waals surface area contributed by atoms with Gasteiger partial charge in [0.15, 0.2) is 0 Å². The highest BCUT2D eigenvalue weighted by molar-refractivity contribution is 5.83. The minimum absolute atomic E-state index is 0.123. The molecule has 0 spiro atoms. The minimum Gasteiger partial charge on any atom is -0.361 e. The second-order valence-electron chi connectivity index (χ2n) is 5.93. The normalized spacial score (nSPS) is 21.1. The van der Waals surface area contributed by atoms with E-state index < -0.39 is 0 Å². The fourth-order valence-corrected chi connectivity index (χ4v) is 3.25. The van der Waals surface area contributed by atoms with Crippen molar-refractivity contribution in [2.45, 2.75) is 19.0 Å². The molecule has 0 bridgehead atoms. The Kier molecular flexibility index (Phi) is 3.78. The van der Waals surface area contributed by atoms with Crippen LogP contribution in [0, 0.1) is 0 Å². The molecule has 108 valence electrons. The smallest absolute Gasteiger partial charge is 0.0518 e.